The maximum Gasteiger partial charge on any atom is 0.231 e. The number of hydrogen-bond acceptors (Lipinski definition) is 6. The second kappa shape index (κ2) is 9.36. The number of aromatic amines is 1. The fraction of sp³-hybridized carbons (Fsp3) is 0.0800. The molecule has 176 valence electrons. The molecular formula is C25H19ClN4O4S. The van der Waals surface area contributed by atoms with Gasteiger partial charge in [0.05, 0.1) is 28.1 Å². The molecule has 0 aliphatic heterocycles. The number of nitrogens with zero attached hydrogens (tertiary/aromatic N) is 2. The van der Waals surface area contributed by atoms with Crippen molar-refractivity contribution in [3.05, 3.63) is 84.0 Å². The van der Waals surface area contributed by atoms with Crippen molar-refractivity contribution in [1.82, 2.24) is 15.2 Å². The summed E-state index contributed by atoms with van der Waals surface area (Å²) in [6, 6.07) is 20.4. The summed E-state index contributed by atoms with van der Waals surface area (Å²) in [6.07, 6.45) is 1.48. The fourth-order valence-corrected chi connectivity index (χ4v) is 5.03. The van der Waals surface area contributed by atoms with Crippen molar-refractivity contribution in [3.63, 3.8) is 0 Å². The highest BCUT2D eigenvalue weighted by Gasteiger charge is 2.18. The molecule has 0 spiro atoms. The molecule has 1 amide bonds. The lowest BCUT2D eigenvalue weighted by atomic mass is 10.1. The van der Waals surface area contributed by atoms with E-state index >= 15 is 0 Å². The maximum absolute atomic E-state index is 12.4. The molecule has 0 aliphatic rings. The van der Waals surface area contributed by atoms with E-state index in [1.807, 2.05) is 12.1 Å². The number of rotatable bonds is 7. The van der Waals surface area contributed by atoms with Crippen LogP contribution in [0.2, 0.25) is 5.02 Å². The smallest absolute Gasteiger partial charge is 0.231 e. The first-order valence-electron chi connectivity index (χ1n) is 10.7. The van der Waals surface area contributed by atoms with E-state index in [0.717, 1.165) is 5.56 Å². The van der Waals surface area contributed by atoms with Crippen LogP contribution >= 0.6 is 11.6 Å². The standard InChI is InChI=1S/C25H19ClN4O4S/c26-17-8-11-22-21(14-17)29-25(34-22)20-15-27-30-24(20)16-6-9-18(10-7-16)28-23(31)12-13-35(32,33)19-4-2-1-3-5-19/h1-11,14-15H,12-13H2,(H,27,30)(H,28,31). The van der Waals surface area contributed by atoms with Crippen molar-refractivity contribution >= 4 is 44.1 Å². The van der Waals surface area contributed by atoms with Crippen LogP contribution in [0.5, 0.6) is 0 Å². The summed E-state index contributed by atoms with van der Waals surface area (Å²) in [5.41, 5.74) is 4.00. The number of carbonyl (C=O) groups is 1. The number of benzene rings is 3. The number of carbonyl (C=O) groups excluding carboxylic acids is 1. The van der Waals surface area contributed by atoms with Crippen molar-refractivity contribution in [2.75, 3.05) is 11.1 Å². The Balaban J connectivity index is 1.27. The van der Waals surface area contributed by atoms with Crippen LogP contribution in [-0.4, -0.2) is 35.3 Å². The van der Waals surface area contributed by atoms with Gasteiger partial charge in [0.1, 0.15) is 5.52 Å². The third kappa shape index (κ3) is 4.96. The zero-order valence-electron chi connectivity index (χ0n) is 18.2. The summed E-state index contributed by atoms with van der Waals surface area (Å²) in [5.74, 6) is -0.249. The lowest BCUT2D eigenvalue weighted by Gasteiger charge is -2.07. The molecule has 10 heteroatoms. The fourth-order valence-electron chi connectivity index (χ4n) is 3.60. The van der Waals surface area contributed by atoms with Crippen LogP contribution in [0.1, 0.15) is 6.42 Å². The van der Waals surface area contributed by atoms with Crippen molar-refractivity contribution in [1.29, 1.82) is 0 Å². The molecule has 0 atom stereocenters. The number of oxazole rings is 1. The highest BCUT2D eigenvalue weighted by molar-refractivity contribution is 7.91. The maximum atomic E-state index is 12.4. The van der Waals surface area contributed by atoms with Crippen LogP contribution in [0.15, 0.2) is 88.3 Å². The van der Waals surface area contributed by atoms with Gasteiger partial charge in [0.25, 0.3) is 0 Å². The Morgan fingerprint density at radius 1 is 1.03 bits per heavy atom. The molecule has 2 N–H and O–H groups in total. The average Bonchev–Trinajstić information content (AvgIpc) is 3.51. The predicted octanol–water partition coefficient (Wildman–Crippen LogP) is 5.34. The van der Waals surface area contributed by atoms with E-state index < -0.39 is 9.84 Å². The molecule has 0 fully saturated rings. The second-order valence-electron chi connectivity index (χ2n) is 7.80. The second-order valence-corrected chi connectivity index (χ2v) is 10.3. The van der Waals surface area contributed by atoms with Gasteiger partial charge < -0.3 is 9.73 Å². The molecule has 0 unspecified atom stereocenters. The summed E-state index contributed by atoms with van der Waals surface area (Å²) in [6.45, 7) is 0. The van der Waals surface area contributed by atoms with E-state index in [9.17, 15) is 13.2 Å². The van der Waals surface area contributed by atoms with Crippen molar-refractivity contribution in [2.45, 2.75) is 11.3 Å². The SMILES string of the molecule is O=C(CCS(=O)(=O)c1ccccc1)Nc1ccc(-c2[nH]ncc2-c2nc3cc(Cl)ccc3o2)cc1. The first-order chi connectivity index (χ1) is 16.9. The number of halogens is 1. The minimum absolute atomic E-state index is 0.147. The number of sulfone groups is 1. The van der Waals surface area contributed by atoms with Gasteiger partial charge in [-0.05, 0) is 42.5 Å². The van der Waals surface area contributed by atoms with Gasteiger partial charge in [-0.25, -0.2) is 13.4 Å². The summed E-state index contributed by atoms with van der Waals surface area (Å²) in [7, 11) is -3.52. The Kier molecular flexibility index (Phi) is 6.10. The molecular weight excluding hydrogens is 488 g/mol. The Bertz CT molecular complexity index is 1610. The van der Waals surface area contributed by atoms with E-state index in [0.29, 0.717) is 39.0 Å². The summed E-state index contributed by atoms with van der Waals surface area (Å²) in [5, 5.41) is 10.4. The van der Waals surface area contributed by atoms with Gasteiger partial charge in [0.15, 0.2) is 15.4 Å². The number of hydrogen-bond donors (Lipinski definition) is 2. The molecule has 3 aromatic carbocycles. The van der Waals surface area contributed by atoms with E-state index in [2.05, 4.69) is 20.5 Å². The van der Waals surface area contributed by atoms with E-state index in [-0.39, 0.29) is 23.0 Å². The van der Waals surface area contributed by atoms with Crippen molar-refractivity contribution < 1.29 is 17.6 Å². The number of H-pyrrole nitrogens is 1. The summed E-state index contributed by atoms with van der Waals surface area (Å²) < 4.78 is 30.6. The Hall–Kier alpha value is -3.95. The molecule has 5 rings (SSSR count). The average molecular weight is 507 g/mol. The van der Waals surface area contributed by atoms with Crippen molar-refractivity contribution in [3.8, 4) is 22.7 Å². The van der Waals surface area contributed by atoms with Crippen LogP contribution in [0, 0.1) is 0 Å². The molecule has 0 bridgehead atoms. The van der Waals surface area contributed by atoms with Gasteiger partial charge in [-0.15, -0.1) is 0 Å². The molecule has 0 aliphatic carbocycles. The Labute approximate surface area is 205 Å². The number of fused-ring (bicyclic) bond motifs is 1. The largest absolute Gasteiger partial charge is 0.436 e. The highest BCUT2D eigenvalue weighted by Crippen LogP contribution is 2.33. The topological polar surface area (TPSA) is 118 Å². The summed E-state index contributed by atoms with van der Waals surface area (Å²) >= 11 is 6.04. The van der Waals surface area contributed by atoms with E-state index in [1.54, 1.807) is 54.7 Å². The monoisotopic (exact) mass is 506 g/mol. The first kappa shape index (κ1) is 22.8. The van der Waals surface area contributed by atoms with Crippen LogP contribution in [0.3, 0.4) is 0 Å². The van der Waals surface area contributed by atoms with Gasteiger partial charge in [0, 0.05) is 22.7 Å². The molecule has 2 aromatic heterocycles. The van der Waals surface area contributed by atoms with E-state index in [1.165, 1.54) is 12.1 Å². The molecule has 5 aromatic rings. The Morgan fingerprint density at radius 3 is 2.57 bits per heavy atom. The van der Waals surface area contributed by atoms with Crippen LogP contribution in [0.25, 0.3) is 33.8 Å². The normalized spacial score (nSPS) is 11.6. The number of aromatic nitrogens is 3. The number of nitrogens with one attached hydrogen (secondary N) is 2. The third-order valence-electron chi connectivity index (χ3n) is 5.38. The molecule has 0 radical (unpaired) electrons. The number of amides is 1. The zero-order valence-corrected chi connectivity index (χ0v) is 19.8. The quantitative estimate of drug-likeness (QED) is 0.307. The number of anilines is 1. The van der Waals surface area contributed by atoms with Gasteiger partial charge >= 0.3 is 0 Å². The molecule has 35 heavy (non-hydrogen) atoms. The minimum atomic E-state index is -3.52. The third-order valence-corrected chi connectivity index (χ3v) is 7.34. The first-order valence-corrected chi connectivity index (χ1v) is 12.7. The molecule has 0 saturated heterocycles. The lowest BCUT2D eigenvalue weighted by Crippen LogP contribution is -2.17. The molecule has 8 nitrogen and oxygen atoms in total. The highest BCUT2D eigenvalue weighted by atomic mass is 35.5. The van der Waals surface area contributed by atoms with E-state index in [4.69, 9.17) is 16.0 Å². The van der Waals surface area contributed by atoms with Crippen molar-refractivity contribution in [2.24, 2.45) is 0 Å². The minimum Gasteiger partial charge on any atom is -0.436 e. The molecule has 2 heterocycles. The summed E-state index contributed by atoms with van der Waals surface area (Å²) in [4.78, 5) is 17.0. The van der Waals surface area contributed by atoms with Crippen LogP contribution < -0.4 is 5.32 Å². The van der Waals surface area contributed by atoms with Gasteiger partial charge in [-0.1, -0.05) is 41.9 Å². The van der Waals surface area contributed by atoms with Crippen LogP contribution in [0.4, 0.5) is 5.69 Å². The van der Waals surface area contributed by atoms with Gasteiger partial charge in [-0.3, -0.25) is 9.89 Å². The van der Waals surface area contributed by atoms with Gasteiger partial charge in [-0.2, -0.15) is 5.10 Å². The predicted molar refractivity (Wildman–Crippen MR) is 134 cm³/mol. The molecule has 0 saturated carbocycles. The van der Waals surface area contributed by atoms with Crippen LogP contribution in [-0.2, 0) is 14.6 Å². The van der Waals surface area contributed by atoms with Gasteiger partial charge in [0.2, 0.25) is 11.8 Å². The Morgan fingerprint density at radius 2 is 1.80 bits per heavy atom. The lowest BCUT2D eigenvalue weighted by molar-refractivity contribution is -0.115. The zero-order chi connectivity index (χ0) is 24.4.